The Morgan fingerprint density at radius 3 is 2.77 bits per heavy atom. The summed E-state index contributed by atoms with van der Waals surface area (Å²) in [5.41, 5.74) is 9.75. The first kappa shape index (κ1) is 14.7. The zero-order chi connectivity index (χ0) is 15.5. The van der Waals surface area contributed by atoms with Crippen molar-refractivity contribution in [3.63, 3.8) is 0 Å². The van der Waals surface area contributed by atoms with E-state index in [1.165, 1.54) is 16.9 Å². The first-order valence-electron chi connectivity index (χ1n) is 7.09. The molecule has 0 aliphatic carbocycles. The Labute approximate surface area is 133 Å². The summed E-state index contributed by atoms with van der Waals surface area (Å²) in [6.45, 7) is 2.48. The molecule has 3 aromatic rings. The third-order valence-corrected chi connectivity index (χ3v) is 4.41. The third kappa shape index (κ3) is 3.16. The van der Waals surface area contributed by atoms with Gasteiger partial charge in [-0.3, -0.25) is 4.79 Å². The van der Waals surface area contributed by atoms with Gasteiger partial charge in [0.15, 0.2) is 5.13 Å². The van der Waals surface area contributed by atoms with E-state index in [-0.39, 0.29) is 5.91 Å². The lowest BCUT2D eigenvalue weighted by Crippen LogP contribution is -2.15. The van der Waals surface area contributed by atoms with Gasteiger partial charge in [-0.25, -0.2) is 4.98 Å². The summed E-state index contributed by atoms with van der Waals surface area (Å²) in [5, 5.41) is 3.51. The lowest BCUT2D eigenvalue weighted by Gasteiger charge is -2.06. The van der Waals surface area contributed by atoms with Crippen molar-refractivity contribution in [2.45, 2.75) is 19.9 Å². The molecule has 112 valence electrons. The summed E-state index contributed by atoms with van der Waals surface area (Å²) in [6.07, 6.45) is 0.308. The van der Waals surface area contributed by atoms with E-state index in [0.29, 0.717) is 18.1 Å². The molecule has 0 aliphatic heterocycles. The van der Waals surface area contributed by atoms with E-state index < -0.39 is 0 Å². The van der Waals surface area contributed by atoms with Crippen molar-refractivity contribution in [1.82, 2.24) is 4.98 Å². The van der Waals surface area contributed by atoms with Gasteiger partial charge in [-0.15, -0.1) is 0 Å². The van der Waals surface area contributed by atoms with Crippen molar-refractivity contribution >= 4 is 32.6 Å². The number of amides is 1. The minimum Gasteiger partial charge on any atom is -0.326 e. The number of anilines is 1. The molecule has 0 aliphatic rings. The molecule has 1 aromatic heterocycles. The molecule has 2 aromatic carbocycles. The Kier molecular flexibility index (Phi) is 4.18. The fraction of sp³-hybridized carbons (Fsp3) is 0.176. The highest BCUT2D eigenvalue weighted by Crippen LogP contribution is 2.26. The molecule has 0 saturated carbocycles. The third-order valence-electron chi connectivity index (χ3n) is 3.48. The van der Waals surface area contributed by atoms with Gasteiger partial charge < -0.3 is 11.1 Å². The Morgan fingerprint density at radius 1 is 1.23 bits per heavy atom. The predicted octanol–water partition coefficient (Wildman–Crippen LogP) is 3.24. The zero-order valence-corrected chi connectivity index (χ0v) is 13.1. The normalized spacial score (nSPS) is 10.8. The van der Waals surface area contributed by atoms with Crippen LogP contribution in [0.25, 0.3) is 10.2 Å². The molecular formula is C17H17N3OS. The van der Waals surface area contributed by atoms with Crippen LogP contribution >= 0.6 is 11.3 Å². The maximum absolute atomic E-state index is 12.2. The lowest BCUT2D eigenvalue weighted by molar-refractivity contribution is -0.115. The molecular weight excluding hydrogens is 294 g/mol. The second kappa shape index (κ2) is 6.25. The first-order valence-corrected chi connectivity index (χ1v) is 7.91. The number of fused-ring (bicyclic) bond motifs is 1. The number of carbonyl (C=O) groups excluding carboxylic acids is 1. The predicted molar refractivity (Wildman–Crippen MR) is 91.0 cm³/mol. The summed E-state index contributed by atoms with van der Waals surface area (Å²) in [4.78, 5) is 16.6. The molecule has 1 amide bonds. The van der Waals surface area contributed by atoms with Crippen LogP contribution in [-0.4, -0.2) is 10.9 Å². The highest BCUT2D eigenvalue weighted by molar-refractivity contribution is 7.22. The van der Waals surface area contributed by atoms with E-state index in [1.54, 1.807) is 0 Å². The van der Waals surface area contributed by atoms with Crippen LogP contribution in [-0.2, 0) is 17.8 Å². The number of thiazole rings is 1. The number of hydrogen-bond acceptors (Lipinski definition) is 4. The molecule has 1 heterocycles. The van der Waals surface area contributed by atoms with Crippen LogP contribution < -0.4 is 11.1 Å². The smallest absolute Gasteiger partial charge is 0.230 e. The number of hydrogen-bond donors (Lipinski definition) is 2. The van der Waals surface area contributed by atoms with Crippen LogP contribution in [0.15, 0.2) is 42.5 Å². The second-order valence-electron chi connectivity index (χ2n) is 5.19. The molecule has 0 unspecified atom stereocenters. The second-order valence-corrected chi connectivity index (χ2v) is 6.22. The number of nitrogens with zero attached hydrogens (tertiary/aromatic N) is 1. The molecule has 0 spiro atoms. The average Bonchev–Trinajstić information content (AvgIpc) is 2.88. The van der Waals surface area contributed by atoms with Gasteiger partial charge in [0.05, 0.1) is 16.6 Å². The van der Waals surface area contributed by atoms with Gasteiger partial charge in [0.25, 0.3) is 0 Å². The van der Waals surface area contributed by atoms with Crippen LogP contribution in [0, 0.1) is 6.92 Å². The van der Waals surface area contributed by atoms with Crippen LogP contribution in [0.4, 0.5) is 5.13 Å². The van der Waals surface area contributed by atoms with Crippen LogP contribution in [0.2, 0.25) is 0 Å². The van der Waals surface area contributed by atoms with E-state index in [1.807, 2.05) is 43.3 Å². The Bertz CT molecular complexity index is 826. The molecule has 0 fully saturated rings. The number of aryl methyl sites for hydroxylation is 1. The standard InChI is InChI=1S/C17H17N3OS/c1-11-6-7-14-15(8-11)22-17(19-14)20-16(21)9-12-4-2-3-5-13(12)10-18/h2-8H,9-10,18H2,1H3,(H,19,20,21). The summed E-state index contributed by atoms with van der Waals surface area (Å²) < 4.78 is 1.08. The molecule has 3 rings (SSSR count). The molecule has 0 radical (unpaired) electrons. The van der Waals surface area contributed by atoms with Gasteiger partial charge in [0.1, 0.15) is 0 Å². The molecule has 4 nitrogen and oxygen atoms in total. The molecule has 0 bridgehead atoms. The molecule has 22 heavy (non-hydrogen) atoms. The van der Waals surface area contributed by atoms with E-state index >= 15 is 0 Å². The van der Waals surface area contributed by atoms with Crippen molar-refractivity contribution < 1.29 is 4.79 Å². The number of benzene rings is 2. The summed E-state index contributed by atoms with van der Waals surface area (Å²) in [6, 6.07) is 13.8. The Hall–Kier alpha value is -2.24. The van der Waals surface area contributed by atoms with Crippen molar-refractivity contribution in [3.05, 3.63) is 59.2 Å². The van der Waals surface area contributed by atoms with E-state index in [2.05, 4.69) is 16.4 Å². The Morgan fingerprint density at radius 2 is 2.00 bits per heavy atom. The number of nitrogens with two attached hydrogens (primary N) is 1. The highest BCUT2D eigenvalue weighted by atomic mass is 32.1. The maximum Gasteiger partial charge on any atom is 0.230 e. The number of rotatable bonds is 4. The average molecular weight is 311 g/mol. The maximum atomic E-state index is 12.2. The van der Waals surface area contributed by atoms with Gasteiger partial charge >= 0.3 is 0 Å². The minimum atomic E-state index is -0.0725. The fourth-order valence-corrected chi connectivity index (χ4v) is 3.33. The van der Waals surface area contributed by atoms with Gasteiger partial charge in [-0.2, -0.15) is 0 Å². The van der Waals surface area contributed by atoms with Gasteiger partial charge in [0.2, 0.25) is 5.91 Å². The SMILES string of the molecule is Cc1ccc2nc(NC(=O)Cc3ccccc3CN)sc2c1. The van der Waals surface area contributed by atoms with Crippen LogP contribution in [0.5, 0.6) is 0 Å². The number of aromatic nitrogens is 1. The first-order chi connectivity index (χ1) is 10.7. The van der Waals surface area contributed by atoms with Gasteiger partial charge in [0, 0.05) is 6.54 Å². The van der Waals surface area contributed by atoms with Crippen molar-refractivity contribution in [3.8, 4) is 0 Å². The van der Waals surface area contributed by atoms with Crippen molar-refractivity contribution in [2.24, 2.45) is 5.73 Å². The summed E-state index contributed by atoms with van der Waals surface area (Å²) in [7, 11) is 0. The number of nitrogens with one attached hydrogen (secondary N) is 1. The molecule has 0 saturated heterocycles. The summed E-state index contributed by atoms with van der Waals surface area (Å²) in [5.74, 6) is -0.0725. The van der Waals surface area contributed by atoms with E-state index in [0.717, 1.165) is 21.3 Å². The molecule has 0 atom stereocenters. The zero-order valence-electron chi connectivity index (χ0n) is 12.3. The van der Waals surface area contributed by atoms with Crippen LogP contribution in [0.3, 0.4) is 0 Å². The lowest BCUT2D eigenvalue weighted by atomic mass is 10.0. The minimum absolute atomic E-state index is 0.0725. The van der Waals surface area contributed by atoms with Gasteiger partial charge in [-0.1, -0.05) is 41.7 Å². The highest BCUT2D eigenvalue weighted by Gasteiger charge is 2.10. The van der Waals surface area contributed by atoms with E-state index in [9.17, 15) is 4.79 Å². The quantitative estimate of drug-likeness (QED) is 0.777. The van der Waals surface area contributed by atoms with E-state index in [4.69, 9.17) is 5.73 Å². The largest absolute Gasteiger partial charge is 0.326 e. The summed E-state index contributed by atoms with van der Waals surface area (Å²) >= 11 is 1.49. The number of carbonyl (C=O) groups is 1. The van der Waals surface area contributed by atoms with Crippen molar-refractivity contribution in [2.75, 3.05) is 5.32 Å². The van der Waals surface area contributed by atoms with Gasteiger partial charge in [-0.05, 0) is 35.7 Å². The monoisotopic (exact) mass is 311 g/mol. The van der Waals surface area contributed by atoms with Crippen LogP contribution in [0.1, 0.15) is 16.7 Å². The van der Waals surface area contributed by atoms with Crippen molar-refractivity contribution in [1.29, 1.82) is 0 Å². The topological polar surface area (TPSA) is 68.0 Å². The fourth-order valence-electron chi connectivity index (χ4n) is 2.35. The molecule has 5 heteroatoms. The Balaban J connectivity index is 1.75. The molecule has 3 N–H and O–H groups in total.